The van der Waals surface area contributed by atoms with Crippen LogP contribution in [0.5, 0.6) is 11.6 Å². The van der Waals surface area contributed by atoms with Crippen molar-refractivity contribution >= 4 is 5.78 Å². The van der Waals surface area contributed by atoms with E-state index in [-0.39, 0.29) is 29.0 Å². The number of rotatable bonds is 7. The number of ether oxygens (including phenoxy) is 1. The van der Waals surface area contributed by atoms with Crippen molar-refractivity contribution in [2.45, 2.75) is 46.3 Å². The third-order valence-corrected chi connectivity index (χ3v) is 4.28. The molecule has 0 spiro atoms. The second kappa shape index (κ2) is 8.49. The molecular weight excluding hydrogens is 351 g/mol. The van der Waals surface area contributed by atoms with Crippen molar-refractivity contribution < 1.29 is 19.0 Å². The summed E-state index contributed by atoms with van der Waals surface area (Å²) in [5.41, 5.74) is -0.796. The summed E-state index contributed by atoms with van der Waals surface area (Å²) < 4.78 is 19.6. The van der Waals surface area contributed by atoms with Crippen LogP contribution in [0, 0.1) is 24.1 Å². The monoisotopic (exact) mass is 372 g/mol. The number of nitriles is 1. The van der Waals surface area contributed by atoms with Crippen molar-refractivity contribution in [2.75, 3.05) is 0 Å². The molecule has 1 unspecified atom stereocenters. The Morgan fingerprint density at radius 1 is 1.37 bits per heavy atom. The summed E-state index contributed by atoms with van der Waals surface area (Å²) in [6, 6.07) is 6.99. The molecule has 0 saturated heterocycles. The Bertz CT molecular complexity index is 942. The molecule has 1 aromatic carbocycles. The second-order valence-corrected chi connectivity index (χ2v) is 6.20. The molecule has 1 heterocycles. The SMILES string of the molecule is CCCCn1c(O)c(C(=O)C(C)Oc2ccc(F)cc2)c(C)c(C#N)c1=O. The van der Waals surface area contributed by atoms with E-state index in [4.69, 9.17) is 4.74 Å². The van der Waals surface area contributed by atoms with Crippen molar-refractivity contribution in [1.82, 2.24) is 4.57 Å². The minimum Gasteiger partial charge on any atom is -0.494 e. The predicted molar refractivity (Wildman–Crippen MR) is 97.5 cm³/mol. The summed E-state index contributed by atoms with van der Waals surface area (Å²) >= 11 is 0. The van der Waals surface area contributed by atoms with Gasteiger partial charge in [0.15, 0.2) is 6.10 Å². The maximum Gasteiger partial charge on any atom is 0.271 e. The number of benzene rings is 1. The Morgan fingerprint density at radius 3 is 2.56 bits per heavy atom. The topological polar surface area (TPSA) is 92.3 Å². The van der Waals surface area contributed by atoms with Crippen molar-refractivity contribution in [3.05, 3.63) is 57.1 Å². The highest BCUT2D eigenvalue weighted by molar-refractivity contribution is 6.03. The molecule has 1 atom stereocenters. The number of Topliss-reactive ketones (excluding diaryl/α,β-unsaturated/α-hetero) is 1. The Labute approximate surface area is 156 Å². The van der Waals surface area contributed by atoms with Crippen LogP contribution >= 0.6 is 0 Å². The zero-order valence-electron chi connectivity index (χ0n) is 15.5. The maximum atomic E-state index is 13.0. The lowest BCUT2D eigenvalue weighted by Crippen LogP contribution is -2.30. The Hall–Kier alpha value is -3.14. The first kappa shape index (κ1) is 20.2. The quantitative estimate of drug-likeness (QED) is 0.753. The lowest BCUT2D eigenvalue weighted by Gasteiger charge is -2.19. The molecule has 2 aromatic rings. The lowest BCUT2D eigenvalue weighted by atomic mass is 9.99. The summed E-state index contributed by atoms with van der Waals surface area (Å²) in [6.07, 6.45) is 0.370. The number of ketones is 1. The van der Waals surface area contributed by atoms with Crippen molar-refractivity contribution in [2.24, 2.45) is 0 Å². The molecule has 0 radical (unpaired) electrons. The van der Waals surface area contributed by atoms with Gasteiger partial charge in [0.05, 0.1) is 5.56 Å². The first-order valence-electron chi connectivity index (χ1n) is 8.64. The molecule has 142 valence electrons. The smallest absolute Gasteiger partial charge is 0.271 e. The van der Waals surface area contributed by atoms with E-state index in [2.05, 4.69) is 0 Å². The van der Waals surface area contributed by atoms with Crippen LogP contribution in [0.4, 0.5) is 4.39 Å². The third-order valence-electron chi connectivity index (χ3n) is 4.28. The van der Waals surface area contributed by atoms with Gasteiger partial charge in [-0.05, 0) is 50.1 Å². The van der Waals surface area contributed by atoms with E-state index >= 15 is 0 Å². The Balaban J connectivity index is 2.46. The number of aromatic nitrogens is 1. The molecule has 2 rings (SSSR count). The summed E-state index contributed by atoms with van der Waals surface area (Å²) in [5.74, 6) is -1.19. The minimum atomic E-state index is -1.01. The average Bonchev–Trinajstić information content (AvgIpc) is 2.63. The molecular formula is C20H21FN2O4. The van der Waals surface area contributed by atoms with Gasteiger partial charge in [0, 0.05) is 6.54 Å². The molecule has 0 fully saturated rings. The second-order valence-electron chi connectivity index (χ2n) is 6.20. The van der Waals surface area contributed by atoms with Crippen LogP contribution in [0.1, 0.15) is 48.2 Å². The molecule has 1 N–H and O–H groups in total. The fourth-order valence-corrected chi connectivity index (χ4v) is 2.74. The molecule has 27 heavy (non-hydrogen) atoms. The predicted octanol–water partition coefficient (Wildman–Crippen LogP) is 3.32. The molecule has 7 heteroatoms. The summed E-state index contributed by atoms with van der Waals surface area (Å²) in [5, 5.41) is 19.9. The van der Waals surface area contributed by atoms with Crippen LogP contribution in [0.3, 0.4) is 0 Å². The zero-order valence-corrected chi connectivity index (χ0v) is 15.5. The van der Waals surface area contributed by atoms with E-state index in [0.717, 1.165) is 11.0 Å². The highest BCUT2D eigenvalue weighted by Gasteiger charge is 2.28. The van der Waals surface area contributed by atoms with E-state index in [9.17, 15) is 24.3 Å². The van der Waals surface area contributed by atoms with Gasteiger partial charge in [0.25, 0.3) is 5.56 Å². The highest BCUT2D eigenvalue weighted by atomic mass is 19.1. The van der Waals surface area contributed by atoms with Crippen molar-refractivity contribution in [1.29, 1.82) is 5.26 Å². The van der Waals surface area contributed by atoms with E-state index in [1.54, 1.807) is 0 Å². The van der Waals surface area contributed by atoms with Gasteiger partial charge >= 0.3 is 0 Å². The minimum absolute atomic E-state index is 0.114. The maximum absolute atomic E-state index is 13.0. The molecule has 0 aliphatic rings. The molecule has 0 saturated carbocycles. The van der Waals surface area contributed by atoms with Gasteiger partial charge in [-0.25, -0.2) is 4.39 Å². The molecule has 1 aromatic heterocycles. The number of carbonyl (C=O) groups excluding carboxylic acids is 1. The van der Waals surface area contributed by atoms with Crippen molar-refractivity contribution in [3.63, 3.8) is 0 Å². The summed E-state index contributed by atoms with van der Waals surface area (Å²) in [7, 11) is 0. The van der Waals surface area contributed by atoms with E-state index in [0.29, 0.717) is 6.42 Å². The Kier molecular flexibility index (Phi) is 6.35. The first-order valence-corrected chi connectivity index (χ1v) is 8.64. The highest BCUT2D eigenvalue weighted by Crippen LogP contribution is 2.25. The standard InChI is InChI=1S/C20H21FN2O4/c1-4-5-10-23-19(25)16(11-22)12(2)17(20(23)26)18(24)13(3)27-15-8-6-14(21)7-9-15/h6-9,13,26H,4-5,10H2,1-3H3. The van der Waals surface area contributed by atoms with Gasteiger partial charge in [0.1, 0.15) is 23.2 Å². The van der Waals surface area contributed by atoms with Gasteiger partial charge in [-0.2, -0.15) is 5.26 Å². The van der Waals surface area contributed by atoms with Crippen LogP contribution in [0.2, 0.25) is 0 Å². The number of hydrogen-bond donors (Lipinski definition) is 1. The number of hydrogen-bond acceptors (Lipinski definition) is 5. The molecule has 6 nitrogen and oxygen atoms in total. The van der Waals surface area contributed by atoms with Gasteiger partial charge in [0.2, 0.25) is 11.7 Å². The van der Waals surface area contributed by atoms with Crippen molar-refractivity contribution in [3.8, 4) is 17.7 Å². The zero-order chi connectivity index (χ0) is 20.1. The van der Waals surface area contributed by atoms with Crippen LogP contribution in [-0.2, 0) is 6.54 Å². The largest absolute Gasteiger partial charge is 0.494 e. The van der Waals surface area contributed by atoms with E-state index in [1.165, 1.54) is 38.1 Å². The van der Waals surface area contributed by atoms with Crippen LogP contribution < -0.4 is 10.3 Å². The Morgan fingerprint density at radius 2 is 2.00 bits per heavy atom. The van der Waals surface area contributed by atoms with Gasteiger partial charge in [-0.1, -0.05) is 13.3 Å². The third kappa shape index (κ3) is 4.17. The molecule has 0 bridgehead atoms. The number of aromatic hydroxyl groups is 1. The van der Waals surface area contributed by atoms with E-state index in [1.807, 2.05) is 13.0 Å². The van der Waals surface area contributed by atoms with E-state index < -0.39 is 29.1 Å². The molecule has 0 aliphatic heterocycles. The first-order chi connectivity index (χ1) is 12.8. The van der Waals surface area contributed by atoms with Gasteiger partial charge in [-0.15, -0.1) is 0 Å². The summed E-state index contributed by atoms with van der Waals surface area (Å²) in [4.78, 5) is 25.3. The number of pyridine rings is 1. The number of halogens is 1. The summed E-state index contributed by atoms with van der Waals surface area (Å²) in [6.45, 7) is 5.05. The van der Waals surface area contributed by atoms with Gasteiger partial charge in [-0.3, -0.25) is 14.2 Å². The molecule has 0 amide bonds. The number of unbranched alkanes of at least 4 members (excludes halogenated alkanes) is 1. The molecule has 0 aliphatic carbocycles. The van der Waals surface area contributed by atoms with Gasteiger partial charge < -0.3 is 9.84 Å². The average molecular weight is 372 g/mol. The van der Waals surface area contributed by atoms with Crippen LogP contribution in [0.25, 0.3) is 0 Å². The van der Waals surface area contributed by atoms with Crippen LogP contribution in [-0.4, -0.2) is 21.6 Å². The van der Waals surface area contributed by atoms with Crippen LogP contribution in [0.15, 0.2) is 29.1 Å². The normalized spacial score (nSPS) is 11.7. The fraction of sp³-hybridized carbons (Fsp3) is 0.350. The fourth-order valence-electron chi connectivity index (χ4n) is 2.74. The number of nitrogens with zero attached hydrogens (tertiary/aromatic N) is 2. The lowest BCUT2D eigenvalue weighted by molar-refractivity contribution is 0.0812. The number of carbonyl (C=O) groups is 1.